The number of rotatable bonds is 5. The Balaban J connectivity index is 1.94. The van der Waals surface area contributed by atoms with E-state index in [0.717, 1.165) is 25.7 Å². The fourth-order valence-electron chi connectivity index (χ4n) is 6.36. The van der Waals surface area contributed by atoms with Gasteiger partial charge in [0.1, 0.15) is 22.9 Å². The van der Waals surface area contributed by atoms with E-state index in [9.17, 15) is 10.1 Å². The second-order valence-corrected chi connectivity index (χ2v) is 12.8. The number of hydrogen-bond donors (Lipinski definition) is 1. The van der Waals surface area contributed by atoms with E-state index in [-0.39, 0.29) is 16.0 Å². The second kappa shape index (κ2) is 10.6. The van der Waals surface area contributed by atoms with Crippen LogP contribution >= 0.6 is 23.2 Å². The Bertz CT molecular complexity index is 1200. The van der Waals surface area contributed by atoms with E-state index in [2.05, 4.69) is 18.3 Å². The molecule has 0 amide bonds. The average molecular weight is 546 g/mol. The lowest BCUT2D eigenvalue weighted by Gasteiger charge is -2.41. The lowest BCUT2D eigenvalue weighted by molar-refractivity contribution is -0.157. The minimum atomic E-state index is -1.40. The van der Waals surface area contributed by atoms with Crippen LogP contribution in [-0.2, 0) is 14.9 Å². The molecular weight excluding hydrogens is 510 g/mol. The number of benzene rings is 2. The number of hydrogen-bond acceptors (Lipinski definition) is 4. The summed E-state index contributed by atoms with van der Waals surface area (Å²) in [5.74, 6) is -1.77. The molecule has 198 valence electrons. The molecule has 1 heterocycles. The third-order valence-electron chi connectivity index (χ3n) is 7.94. The molecule has 0 bridgehead atoms. The minimum absolute atomic E-state index is 0.0391. The highest BCUT2D eigenvalue weighted by atomic mass is 35.5. The fourth-order valence-corrected chi connectivity index (χ4v) is 6.72. The summed E-state index contributed by atoms with van der Waals surface area (Å²) in [6.07, 6.45) is 6.09. The van der Waals surface area contributed by atoms with Gasteiger partial charge in [0, 0.05) is 27.6 Å². The summed E-state index contributed by atoms with van der Waals surface area (Å²) >= 11 is 12.5. The highest BCUT2D eigenvalue weighted by Crippen LogP contribution is 2.54. The first kappa shape index (κ1) is 27.9. The molecule has 1 aliphatic heterocycles. The Morgan fingerprint density at radius 1 is 1.14 bits per heavy atom. The molecule has 2 fully saturated rings. The van der Waals surface area contributed by atoms with E-state index in [4.69, 9.17) is 27.9 Å². The number of carbonyl (C=O) groups excluding carboxylic acids is 1. The zero-order valence-electron chi connectivity index (χ0n) is 21.9. The number of nitrogens with zero attached hydrogens (tertiary/aromatic N) is 1. The highest BCUT2D eigenvalue weighted by molar-refractivity contribution is 6.30. The summed E-state index contributed by atoms with van der Waals surface area (Å²) < 4.78 is 21.6. The molecule has 4 nitrogen and oxygen atoms in total. The Labute approximate surface area is 229 Å². The van der Waals surface area contributed by atoms with Crippen LogP contribution in [0.3, 0.4) is 0 Å². The Morgan fingerprint density at radius 2 is 1.81 bits per heavy atom. The van der Waals surface area contributed by atoms with Crippen molar-refractivity contribution >= 4 is 29.2 Å². The van der Waals surface area contributed by atoms with Crippen molar-refractivity contribution in [3.8, 4) is 6.07 Å². The molecule has 0 unspecified atom stereocenters. The first-order chi connectivity index (χ1) is 17.4. The molecule has 4 rings (SSSR count). The van der Waals surface area contributed by atoms with Gasteiger partial charge in [0.25, 0.3) is 0 Å². The summed E-state index contributed by atoms with van der Waals surface area (Å²) in [6, 6.07) is 12.7. The van der Waals surface area contributed by atoms with Crippen LogP contribution in [0.5, 0.6) is 0 Å². The SMILES string of the molecule is CC1(C[C@@H]2N[C@@H](C(=O)OC(C)(C)C)[C@H](c3cccc(Cl)c3)[C@@]2(C#N)c2ccc(Cl)cc2F)CCCCC1. The van der Waals surface area contributed by atoms with E-state index in [1.807, 2.05) is 26.8 Å². The molecule has 7 heteroatoms. The molecule has 0 spiro atoms. The van der Waals surface area contributed by atoms with Crippen molar-refractivity contribution in [1.82, 2.24) is 5.32 Å². The third-order valence-corrected chi connectivity index (χ3v) is 8.41. The predicted octanol–water partition coefficient (Wildman–Crippen LogP) is 7.72. The molecular formula is C30H35Cl2FN2O2. The van der Waals surface area contributed by atoms with Gasteiger partial charge in [-0.05, 0) is 75.3 Å². The Kier molecular flexibility index (Phi) is 7.96. The van der Waals surface area contributed by atoms with Crippen molar-refractivity contribution in [3.63, 3.8) is 0 Å². The maximum atomic E-state index is 15.7. The molecule has 4 atom stereocenters. The standard InChI is InChI=1S/C30H35Cl2FN2O2/c1-28(2,3)37-27(36)26-25(19-9-8-10-20(31)15-19)30(18-34,22-12-11-21(32)16-23(22)33)24(35-26)17-29(4)13-6-5-7-14-29/h8-12,15-16,24-26,35H,5-7,13-14,17H2,1-4H3/t24-,25-,26+,30-/m0/s1. The molecule has 2 aromatic carbocycles. The van der Waals surface area contributed by atoms with Crippen molar-refractivity contribution in [2.24, 2.45) is 5.41 Å². The monoisotopic (exact) mass is 544 g/mol. The van der Waals surface area contributed by atoms with Crippen LogP contribution in [0.4, 0.5) is 4.39 Å². The van der Waals surface area contributed by atoms with Crippen LogP contribution in [0, 0.1) is 22.6 Å². The predicted molar refractivity (Wildman–Crippen MR) is 145 cm³/mol. The van der Waals surface area contributed by atoms with Gasteiger partial charge in [0.15, 0.2) is 0 Å². The van der Waals surface area contributed by atoms with Crippen LogP contribution in [0.2, 0.25) is 10.0 Å². The highest BCUT2D eigenvalue weighted by Gasteiger charge is 2.61. The molecule has 37 heavy (non-hydrogen) atoms. The fraction of sp³-hybridized carbons (Fsp3) is 0.533. The number of ether oxygens (including phenoxy) is 1. The van der Waals surface area contributed by atoms with Crippen LogP contribution < -0.4 is 5.32 Å². The minimum Gasteiger partial charge on any atom is -0.459 e. The van der Waals surface area contributed by atoms with Gasteiger partial charge in [-0.2, -0.15) is 5.26 Å². The lowest BCUT2D eigenvalue weighted by atomic mass is 9.61. The molecule has 1 aliphatic carbocycles. The van der Waals surface area contributed by atoms with E-state index >= 15 is 4.39 Å². The van der Waals surface area contributed by atoms with Crippen molar-refractivity contribution in [2.75, 3.05) is 0 Å². The van der Waals surface area contributed by atoms with Gasteiger partial charge in [-0.1, -0.05) is 67.6 Å². The maximum Gasteiger partial charge on any atom is 0.324 e. The summed E-state index contributed by atoms with van der Waals surface area (Å²) in [5.41, 5.74) is -1.26. The Morgan fingerprint density at radius 3 is 2.41 bits per heavy atom. The first-order valence-corrected chi connectivity index (χ1v) is 13.8. The average Bonchev–Trinajstić information content (AvgIpc) is 3.12. The number of halogens is 3. The van der Waals surface area contributed by atoms with Crippen LogP contribution in [-0.4, -0.2) is 23.7 Å². The quantitative estimate of drug-likeness (QED) is 0.391. The summed E-state index contributed by atoms with van der Waals surface area (Å²) in [7, 11) is 0. The summed E-state index contributed by atoms with van der Waals surface area (Å²) in [4.78, 5) is 13.7. The van der Waals surface area contributed by atoms with E-state index in [1.165, 1.54) is 12.5 Å². The number of nitrogens with one attached hydrogen (secondary N) is 1. The number of nitriles is 1. The molecule has 2 aliphatic rings. The normalized spacial score (nSPS) is 27.5. The summed E-state index contributed by atoms with van der Waals surface area (Å²) in [5, 5.41) is 15.2. The van der Waals surface area contributed by atoms with E-state index in [1.54, 1.807) is 30.3 Å². The van der Waals surface area contributed by atoms with Gasteiger partial charge in [-0.25, -0.2) is 4.39 Å². The van der Waals surface area contributed by atoms with Crippen LogP contribution in [0.1, 0.15) is 83.3 Å². The van der Waals surface area contributed by atoms with E-state index < -0.39 is 40.8 Å². The Hall–Kier alpha value is -2.13. The zero-order valence-corrected chi connectivity index (χ0v) is 23.4. The van der Waals surface area contributed by atoms with Gasteiger partial charge in [0.05, 0.1) is 6.07 Å². The molecule has 0 radical (unpaired) electrons. The molecule has 0 aromatic heterocycles. The van der Waals surface area contributed by atoms with Crippen molar-refractivity contribution in [3.05, 3.63) is 69.5 Å². The molecule has 1 saturated carbocycles. The van der Waals surface area contributed by atoms with Gasteiger partial charge >= 0.3 is 5.97 Å². The van der Waals surface area contributed by atoms with Crippen LogP contribution in [0.25, 0.3) is 0 Å². The maximum absolute atomic E-state index is 15.7. The van der Waals surface area contributed by atoms with Crippen LogP contribution in [0.15, 0.2) is 42.5 Å². The van der Waals surface area contributed by atoms with Crippen molar-refractivity contribution < 1.29 is 13.9 Å². The smallest absolute Gasteiger partial charge is 0.324 e. The number of carbonyl (C=O) groups is 1. The molecule has 2 aromatic rings. The molecule has 1 N–H and O–H groups in total. The number of esters is 1. The van der Waals surface area contributed by atoms with Gasteiger partial charge in [0.2, 0.25) is 0 Å². The van der Waals surface area contributed by atoms with E-state index in [0.29, 0.717) is 17.0 Å². The largest absolute Gasteiger partial charge is 0.459 e. The first-order valence-electron chi connectivity index (χ1n) is 13.0. The topological polar surface area (TPSA) is 62.1 Å². The second-order valence-electron chi connectivity index (χ2n) is 11.9. The summed E-state index contributed by atoms with van der Waals surface area (Å²) in [6.45, 7) is 7.67. The van der Waals surface area contributed by atoms with Gasteiger partial charge < -0.3 is 4.74 Å². The third kappa shape index (κ3) is 5.67. The van der Waals surface area contributed by atoms with Gasteiger partial charge in [-0.3, -0.25) is 10.1 Å². The van der Waals surface area contributed by atoms with Crippen molar-refractivity contribution in [2.45, 2.75) is 95.2 Å². The van der Waals surface area contributed by atoms with Crippen molar-refractivity contribution in [1.29, 1.82) is 5.26 Å². The zero-order chi connectivity index (χ0) is 27.0. The molecule has 1 saturated heterocycles. The lowest BCUT2D eigenvalue weighted by Crippen LogP contribution is -2.46. The van der Waals surface area contributed by atoms with Gasteiger partial charge in [-0.15, -0.1) is 0 Å².